The smallest absolute Gasteiger partial charge is 0.240 e. The van der Waals surface area contributed by atoms with Gasteiger partial charge in [0.2, 0.25) is 5.91 Å². The first-order valence-electron chi connectivity index (χ1n) is 8.01. The van der Waals surface area contributed by atoms with Crippen LogP contribution in [-0.2, 0) is 4.79 Å². The minimum absolute atomic E-state index is 0.119. The minimum atomic E-state index is -0.387. The molecule has 0 bridgehead atoms. The van der Waals surface area contributed by atoms with E-state index in [4.69, 9.17) is 5.73 Å². The largest absolute Gasteiger partial charge is 0.334 e. The lowest BCUT2D eigenvalue weighted by molar-refractivity contribution is -0.140. The molecule has 118 valence electrons. The van der Waals surface area contributed by atoms with E-state index in [1.54, 1.807) is 0 Å². The second-order valence-corrected chi connectivity index (χ2v) is 6.99. The molecule has 1 fully saturated rings. The summed E-state index contributed by atoms with van der Waals surface area (Å²) in [6.45, 7) is 8.25. The second-order valence-electron chi connectivity index (χ2n) is 6.99. The van der Waals surface area contributed by atoms with Gasteiger partial charge in [0.05, 0.1) is 6.04 Å². The SMILES string of the molecule is CC(C)[C@H](N)C(=O)N(C(C)C)[C@@H]1CCCC[C@@H]1N(C)C. The lowest BCUT2D eigenvalue weighted by atomic mass is 9.87. The molecule has 1 aliphatic carbocycles. The lowest BCUT2D eigenvalue weighted by Gasteiger charge is -2.45. The van der Waals surface area contributed by atoms with Crippen molar-refractivity contribution in [3.63, 3.8) is 0 Å². The zero-order chi connectivity index (χ0) is 15.4. The summed E-state index contributed by atoms with van der Waals surface area (Å²) in [6, 6.07) is 0.575. The molecule has 4 heteroatoms. The fourth-order valence-corrected chi connectivity index (χ4v) is 3.28. The number of carbonyl (C=O) groups excluding carboxylic acids is 1. The van der Waals surface area contributed by atoms with Crippen LogP contribution in [0.2, 0.25) is 0 Å². The van der Waals surface area contributed by atoms with Crippen molar-refractivity contribution in [1.82, 2.24) is 9.80 Å². The van der Waals surface area contributed by atoms with Crippen molar-refractivity contribution < 1.29 is 4.79 Å². The van der Waals surface area contributed by atoms with Gasteiger partial charge in [-0.3, -0.25) is 4.79 Å². The highest BCUT2D eigenvalue weighted by atomic mass is 16.2. The average molecular weight is 283 g/mol. The molecule has 0 aromatic carbocycles. The average Bonchev–Trinajstić information content (AvgIpc) is 2.37. The Hall–Kier alpha value is -0.610. The van der Waals surface area contributed by atoms with Crippen molar-refractivity contribution in [2.45, 2.75) is 77.5 Å². The summed E-state index contributed by atoms with van der Waals surface area (Å²) in [7, 11) is 4.24. The van der Waals surface area contributed by atoms with Crippen molar-refractivity contribution in [3.05, 3.63) is 0 Å². The van der Waals surface area contributed by atoms with Crippen LogP contribution in [0.15, 0.2) is 0 Å². The van der Waals surface area contributed by atoms with Gasteiger partial charge in [-0.05, 0) is 46.7 Å². The third-order valence-corrected chi connectivity index (χ3v) is 4.53. The standard InChI is InChI=1S/C16H33N3O/c1-11(2)15(17)16(20)19(12(3)4)14-10-8-7-9-13(14)18(5)6/h11-15H,7-10,17H2,1-6H3/t13-,14+,15-/m0/s1. The Bertz CT molecular complexity index is 315. The maximum Gasteiger partial charge on any atom is 0.240 e. The fourth-order valence-electron chi connectivity index (χ4n) is 3.28. The molecule has 0 saturated heterocycles. The van der Waals surface area contributed by atoms with E-state index in [9.17, 15) is 4.79 Å². The minimum Gasteiger partial charge on any atom is -0.334 e. The van der Waals surface area contributed by atoms with Gasteiger partial charge >= 0.3 is 0 Å². The zero-order valence-corrected chi connectivity index (χ0v) is 14.1. The first-order chi connectivity index (χ1) is 9.27. The number of hydrogen-bond acceptors (Lipinski definition) is 3. The van der Waals surface area contributed by atoms with Crippen molar-refractivity contribution >= 4 is 5.91 Å². The Morgan fingerprint density at radius 1 is 1.05 bits per heavy atom. The summed E-state index contributed by atoms with van der Waals surface area (Å²) in [6.07, 6.45) is 4.74. The lowest BCUT2D eigenvalue weighted by Crippen LogP contribution is -2.59. The first kappa shape index (κ1) is 17.4. The Balaban J connectivity index is 2.96. The third-order valence-electron chi connectivity index (χ3n) is 4.53. The van der Waals surface area contributed by atoms with Gasteiger partial charge in [0, 0.05) is 18.1 Å². The number of amides is 1. The van der Waals surface area contributed by atoms with Crippen molar-refractivity contribution in [2.75, 3.05) is 14.1 Å². The van der Waals surface area contributed by atoms with Gasteiger partial charge in [0.1, 0.15) is 0 Å². The fraction of sp³-hybridized carbons (Fsp3) is 0.938. The number of likely N-dealkylation sites (N-methyl/N-ethyl adjacent to an activating group) is 1. The van der Waals surface area contributed by atoms with E-state index in [1.165, 1.54) is 19.3 Å². The Morgan fingerprint density at radius 3 is 1.95 bits per heavy atom. The van der Waals surface area contributed by atoms with Gasteiger partial charge in [0.25, 0.3) is 0 Å². The predicted molar refractivity (Wildman–Crippen MR) is 84.5 cm³/mol. The number of hydrogen-bond donors (Lipinski definition) is 1. The van der Waals surface area contributed by atoms with Gasteiger partial charge in [-0.1, -0.05) is 26.7 Å². The van der Waals surface area contributed by atoms with Crippen LogP contribution in [0, 0.1) is 5.92 Å². The zero-order valence-electron chi connectivity index (χ0n) is 14.1. The molecule has 0 radical (unpaired) electrons. The highest BCUT2D eigenvalue weighted by Crippen LogP contribution is 2.28. The highest BCUT2D eigenvalue weighted by molar-refractivity contribution is 5.82. The van der Waals surface area contributed by atoms with Crippen molar-refractivity contribution in [2.24, 2.45) is 11.7 Å². The van der Waals surface area contributed by atoms with Gasteiger partial charge < -0.3 is 15.5 Å². The summed E-state index contributed by atoms with van der Waals surface area (Å²) in [5, 5.41) is 0. The molecule has 3 atom stereocenters. The molecule has 2 N–H and O–H groups in total. The molecular formula is C16H33N3O. The number of carbonyl (C=O) groups is 1. The van der Waals surface area contributed by atoms with Crippen molar-refractivity contribution in [3.8, 4) is 0 Å². The van der Waals surface area contributed by atoms with Crippen LogP contribution >= 0.6 is 0 Å². The van der Waals surface area contributed by atoms with E-state index in [1.807, 2.05) is 13.8 Å². The van der Waals surface area contributed by atoms with Crippen LogP contribution in [-0.4, -0.2) is 54.0 Å². The molecule has 1 rings (SSSR count). The monoisotopic (exact) mass is 283 g/mol. The molecule has 0 aromatic heterocycles. The van der Waals surface area contributed by atoms with E-state index in [0.717, 1.165) is 6.42 Å². The normalized spacial score (nSPS) is 25.3. The van der Waals surface area contributed by atoms with Gasteiger partial charge in [0.15, 0.2) is 0 Å². The van der Waals surface area contributed by atoms with Crippen LogP contribution in [0.3, 0.4) is 0 Å². The highest BCUT2D eigenvalue weighted by Gasteiger charge is 2.37. The quantitative estimate of drug-likeness (QED) is 0.840. The Labute approximate surface area is 124 Å². The van der Waals surface area contributed by atoms with E-state index in [-0.39, 0.29) is 23.9 Å². The van der Waals surface area contributed by atoms with Gasteiger partial charge in [-0.15, -0.1) is 0 Å². The molecule has 0 heterocycles. The molecule has 0 aliphatic heterocycles. The topological polar surface area (TPSA) is 49.6 Å². The number of nitrogens with two attached hydrogens (primary N) is 1. The number of rotatable bonds is 5. The summed E-state index contributed by atoms with van der Waals surface area (Å²) >= 11 is 0. The molecule has 0 spiro atoms. The summed E-state index contributed by atoms with van der Waals surface area (Å²) < 4.78 is 0. The third kappa shape index (κ3) is 3.95. The van der Waals surface area contributed by atoms with Crippen LogP contribution in [0.1, 0.15) is 53.4 Å². The first-order valence-corrected chi connectivity index (χ1v) is 8.01. The maximum atomic E-state index is 12.8. The van der Waals surface area contributed by atoms with Gasteiger partial charge in [-0.2, -0.15) is 0 Å². The van der Waals surface area contributed by atoms with Crippen LogP contribution in [0.4, 0.5) is 0 Å². The van der Waals surface area contributed by atoms with E-state index < -0.39 is 0 Å². The molecule has 1 aliphatic rings. The Morgan fingerprint density at radius 2 is 1.55 bits per heavy atom. The molecule has 4 nitrogen and oxygen atoms in total. The Kier molecular flexibility index (Phi) is 6.46. The molecule has 0 unspecified atom stereocenters. The summed E-state index contributed by atoms with van der Waals surface area (Å²) in [5.41, 5.74) is 6.12. The molecule has 20 heavy (non-hydrogen) atoms. The van der Waals surface area contributed by atoms with E-state index >= 15 is 0 Å². The van der Waals surface area contributed by atoms with E-state index in [2.05, 4.69) is 37.7 Å². The second kappa shape index (κ2) is 7.41. The van der Waals surface area contributed by atoms with E-state index in [0.29, 0.717) is 12.1 Å². The maximum absolute atomic E-state index is 12.8. The number of nitrogens with zero attached hydrogens (tertiary/aromatic N) is 2. The molecule has 1 amide bonds. The van der Waals surface area contributed by atoms with Gasteiger partial charge in [-0.25, -0.2) is 0 Å². The van der Waals surface area contributed by atoms with Crippen LogP contribution in [0.5, 0.6) is 0 Å². The molecular weight excluding hydrogens is 250 g/mol. The molecule has 0 aromatic rings. The van der Waals surface area contributed by atoms with Crippen molar-refractivity contribution in [1.29, 1.82) is 0 Å². The summed E-state index contributed by atoms with van der Waals surface area (Å²) in [5.74, 6) is 0.305. The predicted octanol–water partition coefficient (Wildman–Crippen LogP) is 2.08. The summed E-state index contributed by atoms with van der Waals surface area (Å²) in [4.78, 5) is 17.1. The van der Waals surface area contributed by atoms with Crippen LogP contribution in [0.25, 0.3) is 0 Å². The molecule has 1 saturated carbocycles. The van der Waals surface area contributed by atoms with Crippen LogP contribution < -0.4 is 5.73 Å².